The van der Waals surface area contributed by atoms with Crippen LogP contribution in [0.3, 0.4) is 0 Å². The molecule has 4 rings (SSSR count). The highest BCUT2D eigenvalue weighted by atomic mass is 16.5. The quantitative estimate of drug-likeness (QED) is 0.872. The molecule has 25 heavy (non-hydrogen) atoms. The lowest BCUT2D eigenvalue weighted by atomic mass is 9.94. The predicted molar refractivity (Wildman–Crippen MR) is 96.7 cm³/mol. The van der Waals surface area contributed by atoms with Crippen molar-refractivity contribution in [3.05, 3.63) is 23.8 Å². The maximum atomic E-state index is 12.1. The lowest BCUT2D eigenvalue weighted by Crippen LogP contribution is -2.44. The molecule has 0 saturated carbocycles. The summed E-state index contributed by atoms with van der Waals surface area (Å²) in [5, 5.41) is 10.0. The van der Waals surface area contributed by atoms with E-state index < -0.39 is 0 Å². The van der Waals surface area contributed by atoms with Crippen LogP contribution in [0.5, 0.6) is 11.5 Å². The Bertz CT molecular complexity index is 620. The average Bonchev–Trinajstić information content (AvgIpc) is 2.85. The molecule has 1 amide bonds. The Kier molecular flexibility index (Phi) is 5.49. The standard InChI is InChI=1S/C19H29N3O3/c1-20(2)19(24)13-21-9-15-4-6-16(12-21)22(11-15)10-14-5-7-18(25-3)17(23)8-14/h5,7-8,15-16,23H,4,6,9-13H2,1-3H3/t15-,16+/m1/s1. The monoisotopic (exact) mass is 347 g/mol. The van der Waals surface area contributed by atoms with Crippen molar-refractivity contribution < 1.29 is 14.6 Å². The number of nitrogens with zero attached hydrogens (tertiary/aromatic N) is 3. The number of piperidine rings is 1. The first kappa shape index (κ1) is 18.0. The minimum absolute atomic E-state index is 0.174. The second kappa shape index (κ2) is 7.62. The first-order chi connectivity index (χ1) is 12.0. The third kappa shape index (κ3) is 4.25. The van der Waals surface area contributed by atoms with Crippen LogP contribution in [-0.2, 0) is 11.3 Å². The molecule has 2 bridgehead atoms. The Hall–Kier alpha value is -1.79. The third-order valence-electron chi connectivity index (χ3n) is 5.39. The van der Waals surface area contributed by atoms with Crippen LogP contribution >= 0.6 is 0 Å². The summed E-state index contributed by atoms with van der Waals surface area (Å²) in [4.78, 5) is 18.6. The zero-order valence-corrected chi connectivity index (χ0v) is 15.4. The van der Waals surface area contributed by atoms with Gasteiger partial charge in [0.25, 0.3) is 0 Å². The molecule has 1 N–H and O–H groups in total. The molecular weight excluding hydrogens is 318 g/mol. The Balaban J connectivity index is 1.66. The summed E-state index contributed by atoms with van der Waals surface area (Å²) in [5.74, 6) is 1.49. The van der Waals surface area contributed by atoms with Gasteiger partial charge in [-0.2, -0.15) is 0 Å². The number of likely N-dealkylation sites (N-methyl/N-ethyl adjacent to an activating group) is 1. The molecule has 0 spiro atoms. The summed E-state index contributed by atoms with van der Waals surface area (Å²) in [6, 6.07) is 6.11. The van der Waals surface area contributed by atoms with Gasteiger partial charge in [-0.1, -0.05) is 6.07 Å². The van der Waals surface area contributed by atoms with Gasteiger partial charge in [-0.05, 0) is 36.5 Å². The number of rotatable bonds is 5. The van der Waals surface area contributed by atoms with Gasteiger partial charge in [-0.15, -0.1) is 0 Å². The van der Waals surface area contributed by atoms with E-state index in [1.54, 1.807) is 18.1 Å². The fourth-order valence-corrected chi connectivity index (χ4v) is 4.00. The van der Waals surface area contributed by atoms with Crippen LogP contribution in [0.2, 0.25) is 0 Å². The minimum Gasteiger partial charge on any atom is -0.504 e. The molecule has 1 aromatic carbocycles. The van der Waals surface area contributed by atoms with Crippen LogP contribution < -0.4 is 4.74 Å². The molecule has 0 aromatic heterocycles. The van der Waals surface area contributed by atoms with E-state index in [0.717, 1.165) is 31.7 Å². The first-order valence-corrected chi connectivity index (χ1v) is 8.98. The molecular formula is C19H29N3O3. The first-order valence-electron chi connectivity index (χ1n) is 8.98. The lowest BCUT2D eigenvalue weighted by Gasteiger charge is -2.36. The van der Waals surface area contributed by atoms with Crippen LogP contribution in [0.4, 0.5) is 0 Å². The number of benzene rings is 1. The smallest absolute Gasteiger partial charge is 0.236 e. The molecule has 3 aliphatic rings. The number of fused-ring (bicyclic) bond motifs is 4. The number of amides is 1. The van der Waals surface area contributed by atoms with Crippen molar-refractivity contribution in [2.75, 3.05) is 47.4 Å². The molecule has 0 aliphatic carbocycles. The molecule has 3 aliphatic heterocycles. The maximum absolute atomic E-state index is 12.1. The van der Waals surface area contributed by atoms with Crippen LogP contribution in [0.15, 0.2) is 18.2 Å². The van der Waals surface area contributed by atoms with E-state index in [9.17, 15) is 9.90 Å². The molecule has 3 heterocycles. The van der Waals surface area contributed by atoms with Gasteiger partial charge < -0.3 is 14.7 Å². The van der Waals surface area contributed by atoms with Crippen molar-refractivity contribution in [3.63, 3.8) is 0 Å². The van der Waals surface area contributed by atoms with Crippen LogP contribution in [0.25, 0.3) is 0 Å². The van der Waals surface area contributed by atoms with E-state index in [1.165, 1.54) is 12.8 Å². The molecule has 2 atom stereocenters. The number of hydrogen-bond acceptors (Lipinski definition) is 5. The van der Waals surface area contributed by atoms with Gasteiger partial charge >= 0.3 is 0 Å². The van der Waals surface area contributed by atoms with Gasteiger partial charge in [0.05, 0.1) is 13.7 Å². The SMILES string of the molecule is COc1ccc(CN2C[C@@H]3CC[C@H]2CN(CC(=O)N(C)C)C3)cc1O. The van der Waals surface area contributed by atoms with Gasteiger partial charge in [0.1, 0.15) is 0 Å². The molecule has 3 saturated heterocycles. The van der Waals surface area contributed by atoms with Gasteiger partial charge in [-0.25, -0.2) is 0 Å². The van der Waals surface area contributed by atoms with Crippen molar-refractivity contribution >= 4 is 5.91 Å². The van der Waals surface area contributed by atoms with Crippen molar-refractivity contribution in [3.8, 4) is 11.5 Å². The van der Waals surface area contributed by atoms with E-state index in [0.29, 0.717) is 24.3 Å². The largest absolute Gasteiger partial charge is 0.504 e. The van der Waals surface area contributed by atoms with Crippen LogP contribution in [-0.4, -0.2) is 79.1 Å². The Morgan fingerprint density at radius 3 is 2.76 bits per heavy atom. The summed E-state index contributed by atoms with van der Waals surface area (Å²) in [7, 11) is 5.19. The summed E-state index contributed by atoms with van der Waals surface area (Å²) in [6.07, 6.45) is 2.42. The second-order valence-electron chi connectivity index (χ2n) is 7.52. The molecule has 0 radical (unpaired) electrons. The van der Waals surface area contributed by atoms with Crippen molar-refractivity contribution in [1.82, 2.24) is 14.7 Å². The van der Waals surface area contributed by atoms with E-state index >= 15 is 0 Å². The molecule has 1 aromatic rings. The number of carbonyl (C=O) groups is 1. The average molecular weight is 347 g/mol. The molecule has 3 fully saturated rings. The predicted octanol–water partition coefficient (Wildman–Crippen LogP) is 1.39. The van der Waals surface area contributed by atoms with E-state index in [-0.39, 0.29) is 11.7 Å². The van der Waals surface area contributed by atoms with Gasteiger partial charge in [0.15, 0.2) is 11.5 Å². The zero-order chi connectivity index (χ0) is 18.0. The normalized spacial score (nSPS) is 24.1. The maximum Gasteiger partial charge on any atom is 0.236 e. The van der Waals surface area contributed by atoms with Gasteiger partial charge in [-0.3, -0.25) is 14.6 Å². The van der Waals surface area contributed by atoms with E-state index in [2.05, 4.69) is 9.80 Å². The fourth-order valence-electron chi connectivity index (χ4n) is 4.00. The number of hydrogen-bond donors (Lipinski definition) is 1. The Morgan fingerprint density at radius 1 is 1.28 bits per heavy atom. The minimum atomic E-state index is 0.174. The number of aromatic hydroxyl groups is 1. The highest BCUT2D eigenvalue weighted by Crippen LogP contribution is 2.31. The second-order valence-corrected chi connectivity index (χ2v) is 7.52. The summed E-state index contributed by atoms with van der Waals surface area (Å²) < 4.78 is 5.12. The number of methoxy groups -OCH3 is 1. The summed E-state index contributed by atoms with van der Waals surface area (Å²) >= 11 is 0. The number of phenols is 1. The van der Waals surface area contributed by atoms with Crippen LogP contribution in [0.1, 0.15) is 18.4 Å². The van der Waals surface area contributed by atoms with Crippen molar-refractivity contribution in [2.45, 2.75) is 25.4 Å². The fraction of sp³-hybridized carbons (Fsp3) is 0.632. The van der Waals surface area contributed by atoms with Gasteiger partial charge in [0.2, 0.25) is 5.91 Å². The number of ether oxygens (including phenoxy) is 1. The lowest BCUT2D eigenvalue weighted by molar-refractivity contribution is -0.130. The van der Waals surface area contributed by atoms with E-state index in [4.69, 9.17) is 4.74 Å². The highest BCUT2D eigenvalue weighted by molar-refractivity contribution is 5.77. The zero-order valence-electron chi connectivity index (χ0n) is 15.4. The molecule has 0 unspecified atom stereocenters. The highest BCUT2D eigenvalue weighted by Gasteiger charge is 2.35. The number of phenolic OH excluding ortho intramolecular Hbond substituents is 1. The Labute approximate surface area is 150 Å². The summed E-state index contributed by atoms with van der Waals surface area (Å²) in [5.41, 5.74) is 1.10. The number of carbonyl (C=O) groups excluding carboxylic acids is 1. The summed E-state index contributed by atoms with van der Waals surface area (Å²) in [6.45, 7) is 4.34. The molecule has 6 heteroatoms. The topological polar surface area (TPSA) is 56.2 Å². The van der Waals surface area contributed by atoms with Gasteiger partial charge in [0, 0.05) is 46.3 Å². The molecule has 6 nitrogen and oxygen atoms in total. The van der Waals surface area contributed by atoms with Crippen molar-refractivity contribution in [1.29, 1.82) is 0 Å². The van der Waals surface area contributed by atoms with E-state index in [1.807, 2.05) is 26.2 Å². The Morgan fingerprint density at radius 2 is 2.08 bits per heavy atom. The third-order valence-corrected chi connectivity index (χ3v) is 5.39. The van der Waals surface area contributed by atoms with Crippen LogP contribution in [0, 0.1) is 5.92 Å². The van der Waals surface area contributed by atoms with Crippen molar-refractivity contribution in [2.24, 2.45) is 5.92 Å². The molecule has 138 valence electrons.